The van der Waals surface area contributed by atoms with E-state index in [1.165, 1.54) is 26.5 Å². The summed E-state index contributed by atoms with van der Waals surface area (Å²) < 4.78 is 10.1. The third-order valence-electron chi connectivity index (χ3n) is 1.81. The summed E-state index contributed by atoms with van der Waals surface area (Å²) in [5.41, 5.74) is 0.552. The van der Waals surface area contributed by atoms with E-state index in [9.17, 15) is 5.11 Å². The maximum Gasteiger partial charge on any atom is 0.135 e. The van der Waals surface area contributed by atoms with Gasteiger partial charge in [-0.15, -0.1) is 0 Å². The molecular weight excluding hydrogens is 183 g/mol. The Labute approximate surface area is 82.8 Å². The Bertz CT molecular complexity index is 347. The molecule has 0 amide bonds. The van der Waals surface area contributed by atoms with Crippen molar-refractivity contribution in [3.05, 3.63) is 17.7 Å². The molecule has 4 heteroatoms. The molecule has 76 valence electrons. The van der Waals surface area contributed by atoms with E-state index in [2.05, 4.69) is 4.99 Å². The summed E-state index contributed by atoms with van der Waals surface area (Å²) in [6.45, 7) is 0. The highest BCUT2D eigenvalue weighted by atomic mass is 16.5. The predicted molar refractivity (Wildman–Crippen MR) is 54.7 cm³/mol. The number of methoxy groups -OCH3 is 2. The van der Waals surface area contributed by atoms with Gasteiger partial charge < -0.3 is 14.6 Å². The zero-order valence-corrected chi connectivity index (χ0v) is 8.44. The van der Waals surface area contributed by atoms with Gasteiger partial charge in [0.05, 0.1) is 19.8 Å². The second-order valence-corrected chi connectivity index (χ2v) is 2.65. The fourth-order valence-electron chi connectivity index (χ4n) is 1.13. The molecule has 0 aliphatic heterocycles. The molecule has 0 spiro atoms. The molecule has 1 aromatic rings. The highest BCUT2D eigenvalue weighted by Gasteiger charge is 2.08. The van der Waals surface area contributed by atoms with Crippen molar-refractivity contribution in [1.82, 2.24) is 0 Å². The predicted octanol–water partition coefficient (Wildman–Crippen LogP) is 1.46. The zero-order chi connectivity index (χ0) is 10.6. The number of rotatable bonds is 3. The first-order valence-corrected chi connectivity index (χ1v) is 4.10. The number of hydrogen-bond acceptors (Lipinski definition) is 4. The largest absolute Gasteiger partial charge is 0.507 e. The molecule has 0 unspecified atom stereocenters. The fourth-order valence-corrected chi connectivity index (χ4v) is 1.13. The Hall–Kier alpha value is -1.71. The minimum absolute atomic E-state index is 0.0896. The van der Waals surface area contributed by atoms with Crippen molar-refractivity contribution < 1.29 is 14.6 Å². The lowest BCUT2D eigenvalue weighted by atomic mass is 10.2. The van der Waals surface area contributed by atoms with Crippen LogP contribution >= 0.6 is 0 Å². The van der Waals surface area contributed by atoms with Crippen molar-refractivity contribution in [2.45, 2.75) is 0 Å². The van der Waals surface area contributed by atoms with Crippen molar-refractivity contribution in [1.29, 1.82) is 0 Å². The van der Waals surface area contributed by atoms with Crippen molar-refractivity contribution in [2.24, 2.45) is 4.99 Å². The van der Waals surface area contributed by atoms with E-state index in [-0.39, 0.29) is 5.75 Å². The lowest BCUT2D eigenvalue weighted by Crippen LogP contribution is -1.93. The summed E-state index contributed by atoms with van der Waals surface area (Å²) in [4.78, 5) is 3.83. The molecule has 0 heterocycles. The first kappa shape index (κ1) is 10.4. The van der Waals surface area contributed by atoms with Crippen LogP contribution in [0.4, 0.5) is 0 Å². The molecule has 14 heavy (non-hydrogen) atoms. The van der Waals surface area contributed by atoms with Crippen molar-refractivity contribution in [3.8, 4) is 17.2 Å². The van der Waals surface area contributed by atoms with Gasteiger partial charge in [-0.3, -0.25) is 4.99 Å². The summed E-state index contributed by atoms with van der Waals surface area (Å²) in [5.74, 6) is 1.17. The Balaban J connectivity index is 3.27. The van der Waals surface area contributed by atoms with Gasteiger partial charge in [-0.25, -0.2) is 0 Å². The van der Waals surface area contributed by atoms with Crippen LogP contribution in [0, 0.1) is 0 Å². The molecule has 0 saturated carbocycles. The van der Waals surface area contributed by atoms with Crippen LogP contribution in [0.3, 0.4) is 0 Å². The summed E-state index contributed by atoms with van der Waals surface area (Å²) in [7, 11) is 4.69. The Kier molecular flexibility index (Phi) is 3.34. The van der Waals surface area contributed by atoms with E-state index in [1.807, 2.05) is 0 Å². The molecule has 1 rings (SSSR count). The first-order chi connectivity index (χ1) is 6.72. The summed E-state index contributed by atoms with van der Waals surface area (Å²) >= 11 is 0. The molecule has 0 aromatic heterocycles. The fraction of sp³-hybridized carbons (Fsp3) is 0.300. The number of hydrogen-bond donors (Lipinski definition) is 1. The number of benzene rings is 1. The molecule has 0 atom stereocenters. The Morgan fingerprint density at radius 3 is 2.50 bits per heavy atom. The standard InChI is InChI=1S/C10H13NO3/c1-11-6-8-9(12)4-7(13-2)5-10(8)14-3/h4-6,12H,1-3H3/i11+1. The molecular formula is C10H13NO3. The van der Waals surface area contributed by atoms with E-state index in [4.69, 9.17) is 9.47 Å². The van der Waals surface area contributed by atoms with Gasteiger partial charge in [-0.1, -0.05) is 0 Å². The van der Waals surface area contributed by atoms with E-state index in [1.54, 1.807) is 13.1 Å². The molecule has 4 nitrogen and oxygen atoms in total. The third-order valence-corrected chi connectivity index (χ3v) is 1.81. The van der Waals surface area contributed by atoms with Gasteiger partial charge in [0.1, 0.15) is 17.2 Å². The van der Waals surface area contributed by atoms with E-state index in [0.717, 1.165) is 0 Å². The third kappa shape index (κ3) is 1.96. The smallest absolute Gasteiger partial charge is 0.135 e. The van der Waals surface area contributed by atoms with Crippen LogP contribution in [0.2, 0.25) is 0 Å². The van der Waals surface area contributed by atoms with Gasteiger partial charge >= 0.3 is 0 Å². The number of aromatic hydroxyl groups is 1. The second kappa shape index (κ2) is 4.50. The molecule has 0 aliphatic rings. The zero-order valence-electron chi connectivity index (χ0n) is 8.44. The normalized spacial score (nSPS) is 10.5. The molecule has 0 bridgehead atoms. The topological polar surface area (TPSA) is 51.1 Å². The van der Waals surface area contributed by atoms with Gasteiger partial charge in [-0.2, -0.15) is 0 Å². The van der Waals surface area contributed by atoms with Gasteiger partial charge in [0.2, 0.25) is 0 Å². The Morgan fingerprint density at radius 2 is 2.00 bits per heavy atom. The number of ether oxygens (including phenoxy) is 2. The van der Waals surface area contributed by atoms with Gasteiger partial charge in [0.15, 0.2) is 0 Å². The lowest BCUT2D eigenvalue weighted by Gasteiger charge is -2.08. The van der Waals surface area contributed by atoms with Crippen LogP contribution in [0.15, 0.2) is 17.1 Å². The van der Waals surface area contributed by atoms with Crippen molar-refractivity contribution >= 4 is 6.21 Å². The summed E-state index contributed by atoms with van der Waals surface area (Å²) in [5, 5.41) is 9.61. The van der Waals surface area contributed by atoms with Gasteiger partial charge in [-0.05, 0) is 0 Å². The van der Waals surface area contributed by atoms with Gasteiger partial charge in [0, 0.05) is 25.4 Å². The molecule has 1 N–H and O–H groups in total. The van der Waals surface area contributed by atoms with Crippen LogP contribution < -0.4 is 9.47 Å². The van der Waals surface area contributed by atoms with Gasteiger partial charge in [0.25, 0.3) is 0 Å². The highest BCUT2D eigenvalue weighted by Crippen LogP contribution is 2.31. The van der Waals surface area contributed by atoms with E-state index >= 15 is 0 Å². The van der Waals surface area contributed by atoms with Crippen LogP contribution in [0.5, 0.6) is 17.2 Å². The summed E-state index contributed by atoms with van der Waals surface area (Å²) in [6, 6.07) is 3.20. The number of aliphatic imine (C=N–C) groups is 1. The monoisotopic (exact) mass is 196 g/mol. The minimum atomic E-state index is 0.0896. The van der Waals surface area contributed by atoms with Crippen molar-refractivity contribution in [3.63, 3.8) is 0 Å². The molecule has 0 aliphatic carbocycles. The molecule has 1 aromatic carbocycles. The van der Waals surface area contributed by atoms with Crippen molar-refractivity contribution in [2.75, 3.05) is 21.3 Å². The minimum Gasteiger partial charge on any atom is -0.507 e. The molecule has 0 saturated heterocycles. The first-order valence-electron chi connectivity index (χ1n) is 4.10. The van der Waals surface area contributed by atoms with Crippen LogP contribution in [0.25, 0.3) is 0 Å². The molecule has 0 fully saturated rings. The maximum absolute atomic E-state index is 9.61. The average molecular weight is 196 g/mol. The Morgan fingerprint density at radius 1 is 1.29 bits per heavy atom. The quantitative estimate of drug-likeness (QED) is 0.588. The number of nitrogens with zero attached hydrogens (tertiary/aromatic N) is 1. The number of phenols is 1. The lowest BCUT2D eigenvalue weighted by molar-refractivity contribution is 0.384. The van der Waals surface area contributed by atoms with Crippen LogP contribution in [-0.4, -0.2) is 32.6 Å². The highest BCUT2D eigenvalue weighted by molar-refractivity contribution is 5.87. The van der Waals surface area contributed by atoms with E-state index in [0.29, 0.717) is 17.1 Å². The average Bonchev–Trinajstić information content (AvgIpc) is 2.20. The maximum atomic E-state index is 9.61. The SMILES string of the molecule is C[15N]=Cc1c(O)cc(OC)cc1OC. The molecule has 0 radical (unpaired) electrons. The van der Waals surface area contributed by atoms with Crippen LogP contribution in [0.1, 0.15) is 5.56 Å². The second-order valence-electron chi connectivity index (χ2n) is 2.65. The van der Waals surface area contributed by atoms with E-state index < -0.39 is 0 Å². The van der Waals surface area contributed by atoms with Crippen LogP contribution in [-0.2, 0) is 0 Å². The number of phenolic OH excluding ortho intramolecular Hbond substituents is 1. The summed E-state index contributed by atoms with van der Waals surface area (Å²) in [6.07, 6.45) is 1.54.